The van der Waals surface area contributed by atoms with E-state index in [2.05, 4.69) is 11.4 Å². The van der Waals surface area contributed by atoms with Crippen molar-refractivity contribution >= 4 is 22.9 Å². The van der Waals surface area contributed by atoms with Gasteiger partial charge < -0.3 is 10.5 Å². The van der Waals surface area contributed by atoms with Crippen LogP contribution >= 0.6 is 22.9 Å². The first kappa shape index (κ1) is 13.6. The summed E-state index contributed by atoms with van der Waals surface area (Å²) >= 11 is 7.50. The monoisotopic (exact) mass is 281 g/mol. The van der Waals surface area contributed by atoms with Crippen LogP contribution in [0.25, 0.3) is 0 Å². The van der Waals surface area contributed by atoms with Crippen LogP contribution < -0.4 is 5.73 Å². The SMILES string of the molecule is CC(N)C(OCc1ccc(Cl)cc1)c1ccsc1. The highest BCUT2D eigenvalue weighted by Gasteiger charge is 2.17. The number of nitrogens with two attached hydrogens (primary N) is 1. The Bertz CT molecular complexity index is 467. The van der Waals surface area contributed by atoms with Crippen LogP contribution in [0.15, 0.2) is 41.1 Å². The van der Waals surface area contributed by atoms with Crippen molar-refractivity contribution in [3.63, 3.8) is 0 Å². The van der Waals surface area contributed by atoms with Crippen molar-refractivity contribution in [2.75, 3.05) is 0 Å². The summed E-state index contributed by atoms with van der Waals surface area (Å²) < 4.78 is 5.91. The van der Waals surface area contributed by atoms with Gasteiger partial charge in [-0.05, 0) is 47.0 Å². The molecule has 0 fully saturated rings. The summed E-state index contributed by atoms with van der Waals surface area (Å²) in [6, 6.07) is 9.69. The minimum absolute atomic E-state index is 0.0353. The van der Waals surface area contributed by atoms with E-state index >= 15 is 0 Å². The molecule has 1 aromatic carbocycles. The minimum atomic E-state index is -0.0630. The molecular formula is C14H16ClNOS. The van der Waals surface area contributed by atoms with Gasteiger partial charge in [0, 0.05) is 11.1 Å². The summed E-state index contributed by atoms with van der Waals surface area (Å²) in [4.78, 5) is 0. The molecule has 4 heteroatoms. The summed E-state index contributed by atoms with van der Waals surface area (Å²) in [5.41, 5.74) is 8.21. The van der Waals surface area contributed by atoms with E-state index in [0.29, 0.717) is 6.61 Å². The Morgan fingerprint density at radius 2 is 2.00 bits per heavy atom. The number of rotatable bonds is 5. The lowest BCUT2D eigenvalue weighted by Gasteiger charge is -2.20. The molecule has 2 unspecified atom stereocenters. The zero-order valence-corrected chi connectivity index (χ0v) is 11.7. The van der Waals surface area contributed by atoms with E-state index in [1.165, 1.54) is 0 Å². The second-order valence-corrected chi connectivity index (χ2v) is 5.49. The van der Waals surface area contributed by atoms with E-state index in [9.17, 15) is 0 Å². The van der Waals surface area contributed by atoms with Crippen molar-refractivity contribution in [1.82, 2.24) is 0 Å². The van der Waals surface area contributed by atoms with Gasteiger partial charge in [0.05, 0.1) is 12.7 Å². The summed E-state index contributed by atoms with van der Waals surface area (Å²) in [5, 5.41) is 4.85. The Morgan fingerprint density at radius 3 is 2.56 bits per heavy atom. The van der Waals surface area contributed by atoms with Gasteiger partial charge in [-0.15, -0.1) is 0 Å². The van der Waals surface area contributed by atoms with E-state index in [4.69, 9.17) is 22.1 Å². The molecule has 0 aliphatic rings. The van der Waals surface area contributed by atoms with Crippen LogP contribution in [0.3, 0.4) is 0 Å². The highest BCUT2D eigenvalue weighted by molar-refractivity contribution is 7.07. The molecule has 2 N–H and O–H groups in total. The molecule has 1 heterocycles. The summed E-state index contributed by atoms with van der Waals surface area (Å²) in [7, 11) is 0. The fourth-order valence-corrected chi connectivity index (χ4v) is 2.57. The van der Waals surface area contributed by atoms with E-state index in [0.717, 1.165) is 16.1 Å². The average molecular weight is 282 g/mol. The van der Waals surface area contributed by atoms with Gasteiger partial charge in [-0.25, -0.2) is 0 Å². The third-order valence-electron chi connectivity index (χ3n) is 2.69. The lowest BCUT2D eigenvalue weighted by atomic mass is 10.1. The van der Waals surface area contributed by atoms with Crippen LogP contribution in [-0.2, 0) is 11.3 Å². The maximum absolute atomic E-state index is 5.97. The lowest BCUT2D eigenvalue weighted by Crippen LogP contribution is -2.26. The van der Waals surface area contributed by atoms with Crippen molar-refractivity contribution in [2.24, 2.45) is 5.73 Å². The van der Waals surface area contributed by atoms with Crippen LogP contribution in [-0.4, -0.2) is 6.04 Å². The predicted octanol–water partition coefficient (Wildman–Crippen LogP) is 4.01. The highest BCUT2D eigenvalue weighted by Crippen LogP contribution is 2.24. The molecule has 96 valence electrons. The lowest BCUT2D eigenvalue weighted by molar-refractivity contribution is 0.0262. The number of thiophene rings is 1. The van der Waals surface area contributed by atoms with Crippen molar-refractivity contribution in [2.45, 2.75) is 25.7 Å². The molecule has 18 heavy (non-hydrogen) atoms. The van der Waals surface area contributed by atoms with Crippen LogP contribution in [0.1, 0.15) is 24.2 Å². The standard InChI is InChI=1S/C14H16ClNOS/c1-10(16)14(12-6-7-18-9-12)17-8-11-2-4-13(15)5-3-11/h2-7,9-10,14H,8,16H2,1H3. The van der Waals surface area contributed by atoms with E-state index in [1.54, 1.807) is 11.3 Å². The number of ether oxygens (including phenoxy) is 1. The van der Waals surface area contributed by atoms with Crippen molar-refractivity contribution < 1.29 is 4.74 Å². The molecule has 1 aromatic heterocycles. The predicted molar refractivity (Wildman–Crippen MR) is 77.0 cm³/mol. The van der Waals surface area contributed by atoms with Gasteiger partial charge >= 0.3 is 0 Å². The topological polar surface area (TPSA) is 35.2 Å². The molecule has 0 saturated heterocycles. The highest BCUT2D eigenvalue weighted by atomic mass is 35.5. The van der Waals surface area contributed by atoms with Gasteiger partial charge in [0.1, 0.15) is 0 Å². The van der Waals surface area contributed by atoms with Crippen LogP contribution in [0.4, 0.5) is 0 Å². The average Bonchev–Trinajstić information content (AvgIpc) is 2.85. The summed E-state index contributed by atoms with van der Waals surface area (Å²) in [6.45, 7) is 2.50. The first-order valence-corrected chi connectivity index (χ1v) is 7.12. The minimum Gasteiger partial charge on any atom is -0.367 e. The van der Waals surface area contributed by atoms with Gasteiger partial charge in [-0.1, -0.05) is 23.7 Å². The normalized spacial score (nSPS) is 14.4. The molecule has 0 amide bonds. The Balaban J connectivity index is 2.00. The smallest absolute Gasteiger partial charge is 0.0985 e. The zero-order chi connectivity index (χ0) is 13.0. The molecule has 2 atom stereocenters. The fourth-order valence-electron chi connectivity index (χ4n) is 1.76. The molecule has 0 bridgehead atoms. The van der Waals surface area contributed by atoms with Gasteiger partial charge in [0.2, 0.25) is 0 Å². The Labute approximate surface area is 116 Å². The Hall–Kier alpha value is -0.870. The van der Waals surface area contributed by atoms with Crippen molar-refractivity contribution in [1.29, 1.82) is 0 Å². The molecule has 0 saturated carbocycles. The van der Waals surface area contributed by atoms with Gasteiger partial charge in [-0.2, -0.15) is 11.3 Å². The Kier molecular flexibility index (Phi) is 4.78. The molecule has 0 spiro atoms. The second kappa shape index (κ2) is 6.34. The zero-order valence-electron chi connectivity index (χ0n) is 10.2. The van der Waals surface area contributed by atoms with Gasteiger partial charge in [0.15, 0.2) is 0 Å². The van der Waals surface area contributed by atoms with E-state index in [-0.39, 0.29) is 12.1 Å². The number of halogens is 1. The van der Waals surface area contributed by atoms with Gasteiger partial charge in [0.25, 0.3) is 0 Å². The third kappa shape index (κ3) is 3.56. The molecule has 0 aliphatic carbocycles. The second-order valence-electron chi connectivity index (χ2n) is 4.27. The fraction of sp³-hybridized carbons (Fsp3) is 0.286. The van der Waals surface area contributed by atoms with Gasteiger partial charge in [-0.3, -0.25) is 0 Å². The molecule has 0 radical (unpaired) electrons. The van der Waals surface area contributed by atoms with Crippen molar-refractivity contribution in [3.05, 3.63) is 57.2 Å². The third-order valence-corrected chi connectivity index (χ3v) is 3.65. The molecular weight excluding hydrogens is 266 g/mol. The quantitative estimate of drug-likeness (QED) is 0.899. The molecule has 2 rings (SSSR count). The largest absolute Gasteiger partial charge is 0.367 e. The van der Waals surface area contributed by atoms with Crippen LogP contribution in [0.5, 0.6) is 0 Å². The number of benzene rings is 1. The first-order valence-electron chi connectivity index (χ1n) is 5.80. The van der Waals surface area contributed by atoms with Crippen molar-refractivity contribution in [3.8, 4) is 0 Å². The number of hydrogen-bond donors (Lipinski definition) is 1. The maximum atomic E-state index is 5.97. The first-order chi connectivity index (χ1) is 8.66. The van der Waals surface area contributed by atoms with E-state index in [1.807, 2.05) is 36.6 Å². The number of hydrogen-bond acceptors (Lipinski definition) is 3. The molecule has 2 aromatic rings. The summed E-state index contributed by atoms with van der Waals surface area (Å²) in [5.74, 6) is 0. The molecule has 2 nitrogen and oxygen atoms in total. The maximum Gasteiger partial charge on any atom is 0.0985 e. The summed E-state index contributed by atoms with van der Waals surface area (Å²) in [6.07, 6.45) is -0.0630. The van der Waals surface area contributed by atoms with E-state index < -0.39 is 0 Å². The Morgan fingerprint density at radius 1 is 1.28 bits per heavy atom. The van der Waals surface area contributed by atoms with Crippen LogP contribution in [0.2, 0.25) is 5.02 Å². The van der Waals surface area contributed by atoms with Crippen LogP contribution in [0, 0.1) is 0 Å². The molecule has 0 aliphatic heterocycles.